The van der Waals surface area contributed by atoms with E-state index < -0.39 is 0 Å². The molecule has 1 aliphatic carbocycles. The maximum Gasteiger partial charge on any atom is 0.258 e. The number of nitrogens with zero attached hydrogens (tertiary/aromatic N) is 2. The van der Waals surface area contributed by atoms with Crippen molar-refractivity contribution in [2.45, 2.75) is 19.4 Å². The Morgan fingerprint density at radius 3 is 2.39 bits per heavy atom. The minimum Gasteiger partial charge on any atom is -0.326 e. The number of carbonyl (C=O) groups is 2. The number of halogens is 1. The number of nitrogens with one attached hydrogen (secondary N) is 2. The minimum absolute atomic E-state index is 0.0581. The van der Waals surface area contributed by atoms with Gasteiger partial charge in [0, 0.05) is 28.5 Å². The number of anilines is 2. The Balaban J connectivity index is 1.36. The molecule has 142 valence electrons. The molecule has 0 aliphatic heterocycles. The van der Waals surface area contributed by atoms with Gasteiger partial charge in [0.25, 0.3) is 5.91 Å². The van der Waals surface area contributed by atoms with E-state index >= 15 is 0 Å². The molecule has 0 unspecified atom stereocenters. The number of rotatable bonds is 6. The Morgan fingerprint density at radius 2 is 1.71 bits per heavy atom. The van der Waals surface area contributed by atoms with Gasteiger partial charge < -0.3 is 10.6 Å². The molecule has 28 heavy (non-hydrogen) atoms. The molecule has 3 aromatic rings. The van der Waals surface area contributed by atoms with Gasteiger partial charge in [-0.25, -0.2) is 0 Å². The van der Waals surface area contributed by atoms with Crippen LogP contribution < -0.4 is 10.6 Å². The number of aromatic nitrogens is 2. The number of amides is 2. The van der Waals surface area contributed by atoms with Gasteiger partial charge in [-0.3, -0.25) is 14.3 Å². The Labute approximate surface area is 167 Å². The normalized spacial score (nSPS) is 13.2. The number of carbonyl (C=O) groups excluding carboxylic acids is 2. The first-order valence-electron chi connectivity index (χ1n) is 9.06. The number of hydrogen-bond acceptors (Lipinski definition) is 3. The van der Waals surface area contributed by atoms with Crippen LogP contribution in [0.4, 0.5) is 11.4 Å². The molecule has 1 aliphatic rings. The van der Waals surface area contributed by atoms with Crippen LogP contribution in [0.2, 0.25) is 5.02 Å². The Bertz CT molecular complexity index is 1010. The lowest BCUT2D eigenvalue weighted by Gasteiger charge is -2.07. The third-order valence-corrected chi connectivity index (χ3v) is 4.91. The molecule has 1 saturated carbocycles. The van der Waals surface area contributed by atoms with Crippen LogP contribution in [0.5, 0.6) is 0 Å². The summed E-state index contributed by atoms with van der Waals surface area (Å²) >= 11 is 6.17. The molecule has 1 heterocycles. The molecule has 2 aromatic carbocycles. The molecule has 1 aromatic heterocycles. The summed E-state index contributed by atoms with van der Waals surface area (Å²) in [5.41, 5.74) is 2.76. The van der Waals surface area contributed by atoms with Crippen molar-refractivity contribution in [3.63, 3.8) is 0 Å². The molecule has 6 nitrogen and oxygen atoms in total. The zero-order valence-electron chi connectivity index (χ0n) is 15.1. The summed E-state index contributed by atoms with van der Waals surface area (Å²) in [6.07, 6.45) is 5.13. The summed E-state index contributed by atoms with van der Waals surface area (Å²) in [4.78, 5) is 24.2. The topological polar surface area (TPSA) is 76.0 Å². The molecular formula is C21H19ClN4O2. The molecule has 2 amide bonds. The SMILES string of the molecule is O=C(Nc1ccc(NC(=O)C2CC2)cc1)c1cnn(Cc2ccccc2Cl)c1. The second-order valence-corrected chi connectivity index (χ2v) is 7.22. The van der Waals surface area contributed by atoms with Crippen molar-refractivity contribution >= 4 is 34.8 Å². The Hall–Kier alpha value is -3.12. The highest BCUT2D eigenvalue weighted by molar-refractivity contribution is 6.31. The van der Waals surface area contributed by atoms with Crippen LogP contribution in [0.3, 0.4) is 0 Å². The number of benzene rings is 2. The molecule has 2 N–H and O–H groups in total. The second-order valence-electron chi connectivity index (χ2n) is 6.81. The van der Waals surface area contributed by atoms with Gasteiger partial charge in [-0.05, 0) is 48.7 Å². The first kappa shape index (κ1) is 18.3. The van der Waals surface area contributed by atoms with Crippen LogP contribution in [0.15, 0.2) is 60.9 Å². The van der Waals surface area contributed by atoms with Crippen molar-refractivity contribution in [2.24, 2.45) is 5.92 Å². The second kappa shape index (κ2) is 7.86. The van der Waals surface area contributed by atoms with Gasteiger partial charge in [-0.15, -0.1) is 0 Å². The van der Waals surface area contributed by atoms with E-state index in [1.165, 1.54) is 6.20 Å². The van der Waals surface area contributed by atoms with E-state index in [2.05, 4.69) is 15.7 Å². The van der Waals surface area contributed by atoms with Gasteiger partial charge in [0.05, 0.1) is 18.3 Å². The highest BCUT2D eigenvalue weighted by Crippen LogP contribution is 2.30. The van der Waals surface area contributed by atoms with E-state index in [0.29, 0.717) is 22.8 Å². The lowest BCUT2D eigenvalue weighted by molar-refractivity contribution is -0.117. The van der Waals surface area contributed by atoms with E-state index in [0.717, 1.165) is 24.1 Å². The predicted octanol–water partition coefficient (Wildman–Crippen LogP) is 4.19. The van der Waals surface area contributed by atoms with Crippen LogP contribution in [-0.4, -0.2) is 21.6 Å². The van der Waals surface area contributed by atoms with Crippen LogP contribution >= 0.6 is 11.6 Å². The fraction of sp³-hybridized carbons (Fsp3) is 0.190. The van der Waals surface area contributed by atoms with E-state index in [1.54, 1.807) is 35.1 Å². The molecule has 0 radical (unpaired) electrons. The summed E-state index contributed by atoms with van der Waals surface area (Å²) in [5, 5.41) is 10.6. The molecule has 1 fully saturated rings. The lowest BCUT2D eigenvalue weighted by atomic mass is 10.2. The van der Waals surface area contributed by atoms with Crippen LogP contribution in [0.1, 0.15) is 28.8 Å². The Morgan fingerprint density at radius 1 is 1.04 bits per heavy atom. The summed E-state index contributed by atoms with van der Waals surface area (Å²) in [6, 6.07) is 14.6. The minimum atomic E-state index is -0.250. The van der Waals surface area contributed by atoms with E-state index in [1.807, 2.05) is 24.3 Å². The summed E-state index contributed by atoms with van der Waals surface area (Å²) in [7, 11) is 0. The first-order chi connectivity index (χ1) is 13.6. The molecule has 0 spiro atoms. The van der Waals surface area contributed by atoms with Crippen molar-refractivity contribution in [3.8, 4) is 0 Å². The van der Waals surface area contributed by atoms with Crippen molar-refractivity contribution in [1.29, 1.82) is 0 Å². The van der Waals surface area contributed by atoms with E-state index in [-0.39, 0.29) is 17.7 Å². The molecule has 0 saturated heterocycles. The third kappa shape index (κ3) is 4.40. The van der Waals surface area contributed by atoms with Crippen molar-refractivity contribution < 1.29 is 9.59 Å². The van der Waals surface area contributed by atoms with Gasteiger partial charge in [0.1, 0.15) is 0 Å². The maximum absolute atomic E-state index is 12.4. The summed E-state index contributed by atoms with van der Waals surface area (Å²) in [6.45, 7) is 0.488. The highest BCUT2D eigenvalue weighted by Gasteiger charge is 2.29. The fourth-order valence-electron chi connectivity index (χ4n) is 2.80. The molecular weight excluding hydrogens is 376 g/mol. The standard InChI is InChI=1S/C21H19ClN4O2/c22-19-4-2-1-3-15(19)12-26-13-16(11-23-26)21(28)25-18-9-7-17(8-10-18)24-20(27)14-5-6-14/h1-4,7-11,13-14H,5-6,12H2,(H,24,27)(H,25,28). The summed E-state index contributed by atoms with van der Waals surface area (Å²) < 4.78 is 1.67. The van der Waals surface area contributed by atoms with Gasteiger partial charge in [-0.2, -0.15) is 5.10 Å². The quantitative estimate of drug-likeness (QED) is 0.658. The maximum atomic E-state index is 12.4. The van der Waals surface area contributed by atoms with Gasteiger partial charge in [0.15, 0.2) is 0 Å². The highest BCUT2D eigenvalue weighted by atomic mass is 35.5. The summed E-state index contributed by atoms with van der Waals surface area (Å²) in [5.74, 6) is -0.0374. The van der Waals surface area contributed by atoms with Crippen LogP contribution in [0.25, 0.3) is 0 Å². The smallest absolute Gasteiger partial charge is 0.258 e. The van der Waals surface area contributed by atoms with Crippen molar-refractivity contribution in [3.05, 3.63) is 77.1 Å². The van der Waals surface area contributed by atoms with Gasteiger partial charge >= 0.3 is 0 Å². The van der Waals surface area contributed by atoms with Crippen LogP contribution in [-0.2, 0) is 11.3 Å². The fourth-order valence-corrected chi connectivity index (χ4v) is 2.99. The average molecular weight is 395 g/mol. The monoisotopic (exact) mass is 394 g/mol. The molecule has 0 bridgehead atoms. The first-order valence-corrected chi connectivity index (χ1v) is 9.44. The van der Waals surface area contributed by atoms with Gasteiger partial charge in [0.2, 0.25) is 5.91 Å². The number of hydrogen-bond donors (Lipinski definition) is 2. The predicted molar refractivity (Wildman–Crippen MR) is 109 cm³/mol. The van der Waals surface area contributed by atoms with Crippen molar-refractivity contribution in [2.75, 3.05) is 10.6 Å². The Kier molecular flexibility index (Phi) is 5.12. The van der Waals surface area contributed by atoms with Gasteiger partial charge in [-0.1, -0.05) is 29.8 Å². The molecule has 7 heteroatoms. The zero-order valence-corrected chi connectivity index (χ0v) is 15.8. The van der Waals surface area contributed by atoms with Crippen molar-refractivity contribution in [1.82, 2.24) is 9.78 Å². The third-order valence-electron chi connectivity index (χ3n) is 4.54. The molecule has 4 rings (SSSR count). The van der Waals surface area contributed by atoms with Crippen LogP contribution in [0, 0.1) is 5.92 Å². The van der Waals surface area contributed by atoms with E-state index in [4.69, 9.17) is 11.6 Å². The lowest BCUT2D eigenvalue weighted by Crippen LogP contribution is -2.14. The largest absolute Gasteiger partial charge is 0.326 e. The zero-order chi connectivity index (χ0) is 19.5. The molecule has 0 atom stereocenters. The van der Waals surface area contributed by atoms with E-state index in [9.17, 15) is 9.59 Å². The average Bonchev–Trinajstić information content (AvgIpc) is 3.44.